The van der Waals surface area contributed by atoms with Crippen LogP contribution < -0.4 is 10.1 Å². The van der Waals surface area contributed by atoms with Crippen molar-refractivity contribution in [3.63, 3.8) is 0 Å². The molecule has 2 amide bonds. The number of carbonyl (C=O) groups is 2. The van der Waals surface area contributed by atoms with E-state index in [0.29, 0.717) is 63.8 Å². The molecule has 6 rings (SSSR count). The van der Waals surface area contributed by atoms with Crippen molar-refractivity contribution in [1.29, 1.82) is 5.26 Å². The first kappa shape index (κ1) is 30.1. The van der Waals surface area contributed by atoms with Gasteiger partial charge in [-0.1, -0.05) is 23.2 Å². The zero-order valence-corrected chi connectivity index (χ0v) is 25.7. The molecule has 12 heteroatoms. The molecule has 5 aromatic rings. The van der Waals surface area contributed by atoms with Crippen LogP contribution in [-0.2, 0) is 13.6 Å². The first-order chi connectivity index (χ1) is 21.8. The number of benzene rings is 2. The maximum atomic E-state index is 13.5. The third kappa shape index (κ3) is 6.76. The predicted octanol–water partition coefficient (Wildman–Crippen LogP) is 6.15. The average molecular weight is 641 g/mol. The fourth-order valence-corrected chi connectivity index (χ4v) is 5.45. The Balaban J connectivity index is 1.07. The highest BCUT2D eigenvalue weighted by Gasteiger charge is 2.25. The third-order valence-electron chi connectivity index (χ3n) is 7.63. The summed E-state index contributed by atoms with van der Waals surface area (Å²) in [4.78, 5) is 38.8. The van der Waals surface area contributed by atoms with Crippen molar-refractivity contribution in [3.05, 3.63) is 112 Å². The summed E-state index contributed by atoms with van der Waals surface area (Å²) in [5, 5.41) is 13.3. The minimum Gasteiger partial charge on any atom is -0.439 e. The molecule has 1 aliphatic heterocycles. The molecule has 0 bridgehead atoms. The minimum absolute atomic E-state index is 0.0208. The topological polar surface area (TPSA) is 116 Å². The van der Waals surface area contributed by atoms with Gasteiger partial charge < -0.3 is 19.5 Å². The lowest BCUT2D eigenvalue weighted by atomic mass is 10.2. The number of nitrogens with zero attached hydrogens (tertiary/aromatic N) is 6. The van der Waals surface area contributed by atoms with Gasteiger partial charge in [-0.05, 0) is 60.7 Å². The van der Waals surface area contributed by atoms with Crippen molar-refractivity contribution in [2.45, 2.75) is 6.54 Å². The second-order valence-corrected chi connectivity index (χ2v) is 11.4. The smallest absolute Gasteiger partial charge is 0.270 e. The summed E-state index contributed by atoms with van der Waals surface area (Å²) in [5.74, 6) is 0.555. The fraction of sp³-hybridized carbons (Fsp3) is 0.182. The van der Waals surface area contributed by atoms with Crippen LogP contribution in [-0.4, -0.2) is 62.3 Å². The molecular weight excluding hydrogens is 613 g/mol. The van der Waals surface area contributed by atoms with Crippen LogP contribution in [0.25, 0.3) is 10.9 Å². The standard InChI is InChI=1S/C33H27Cl2N7O3/c1-40-29-8-6-26(45-31-9-5-24(19-38-31)39-32(43)22-3-7-27(34)28(35)15-22)14-23(29)16-30(40)33(44)42-12-10-41(11-13-42)20-25-4-2-21(17-36)18-37-25/h2-9,14-16,18-19H,10-13,20H2,1H3,(H,39,43). The van der Waals surface area contributed by atoms with Gasteiger partial charge in [-0.3, -0.25) is 19.5 Å². The maximum Gasteiger partial charge on any atom is 0.270 e. The lowest BCUT2D eigenvalue weighted by molar-refractivity contribution is 0.0618. The Morgan fingerprint density at radius 2 is 1.76 bits per heavy atom. The van der Waals surface area contributed by atoms with Gasteiger partial charge in [0, 0.05) is 68.5 Å². The molecule has 4 heterocycles. The number of amides is 2. The Labute approximate surface area is 269 Å². The molecule has 0 saturated carbocycles. The summed E-state index contributed by atoms with van der Waals surface area (Å²) in [5.41, 5.74) is 3.82. The molecular formula is C33H27Cl2N7O3. The first-order valence-corrected chi connectivity index (χ1v) is 14.9. The molecule has 2 aromatic carbocycles. The number of pyridine rings is 2. The molecule has 10 nitrogen and oxygen atoms in total. The predicted molar refractivity (Wildman–Crippen MR) is 172 cm³/mol. The average Bonchev–Trinajstić information content (AvgIpc) is 3.38. The van der Waals surface area contributed by atoms with E-state index in [4.69, 9.17) is 33.2 Å². The number of carbonyl (C=O) groups excluding carboxylic acids is 2. The third-order valence-corrected chi connectivity index (χ3v) is 8.37. The second kappa shape index (κ2) is 13.0. The van der Waals surface area contributed by atoms with E-state index in [-0.39, 0.29) is 11.8 Å². The van der Waals surface area contributed by atoms with Crippen LogP contribution >= 0.6 is 23.2 Å². The Bertz CT molecular complexity index is 1930. The number of fused-ring (bicyclic) bond motifs is 1. The van der Waals surface area contributed by atoms with Crippen molar-refractivity contribution in [1.82, 2.24) is 24.3 Å². The van der Waals surface area contributed by atoms with Gasteiger partial charge in [-0.15, -0.1) is 0 Å². The monoisotopic (exact) mass is 639 g/mol. The van der Waals surface area contributed by atoms with Crippen LogP contribution in [0.5, 0.6) is 11.6 Å². The number of halogens is 2. The van der Waals surface area contributed by atoms with Gasteiger partial charge >= 0.3 is 0 Å². The second-order valence-electron chi connectivity index (χ2n) is 10.6. The van der Waals surface area contributed by atoms with Crippen LogP contribution in [0, 0.1) is 11.3 Å². The summed E-state index contributed by atoms with van der Waals surface area (Å²) >= 11 is 12.0. The van der Waals surface area contributed by atoms with Crippen LogP contribution in [0.1, 0.15) is 32.1 Å². The zero-order chi connectivity index (χ0) is 31.5. The molecule has 226 valence electrons. The van der Waals surface area contributed by atoms with Crippen LogP contribution in [0.4, 0.5) is 5.69 Å². The number of rotatable bonds is 7. The highest BCUT2D eigenvalue weighted by Crippen LogP contribution is 2.28. The van der Waals surface area contributed by atoms with Crippen molar-refractivity contribution >= 4 is 51.6 Å². The van der Waals surface area contributed by atoms with Crippen LogP contribution in [0.2, 0.25) is 10.0 Å². The summed E-state index contributed by atoms with van der Waals surface area (Å²) in [7, 11) is 1.88. The number of nitrogens with one attached hydrogen (secondary N) is 1. The lowest BCUT2D eigenvalue weighted by Gasteiger charge is -2.34. The van der Waals surface area contributed by atoms with Gasteiger partial charge in [0.05, 0.1) is 33.2 Å². The van der Waals surface area contributed by atoms with Gasteiger partial charge in [-0.2, -0.15) is 5.26 Å². The molecule has 0 radical (unpaired) electrons. The van der Waals surface area contributed by atoms with Gasteiger partial charge in [0.15, 0.2) is 0 Å². The molecule has 45 heavy (non-hydrogen) atoms. The van der Waals surface area contributed by atoms with Gasteiger partial charge in [0.1, 0.15) is 17.5 Å². The molecule has 0 atom stereocenters. The summed E-state index contributed by atoms with van der Waals surface area (Å²) in [6, 6.07) is 21.2. The Morgan fingerprint density at radius 1 is 0.933 bits per heavy atom. The number of anilines is 1. The Morgan fingerprint density at radius 3 is 2.44 bits per heavy atom. The zero-order valence-electron chi connectivity index (χ0n) is 24.2. The van der Waals surface area contributed by atoms with E-state index in [1.54, 1.807) is 36.5 Å². The van der Waals surface area contributed by atoms with Gasteiger partial charge in [0.25, 0.3) is 11.8 Å². The van der Waals surface area contributed by atoms with E-state index in [9.17, 15) is 9.59 Å². The van der Waals surface area contributed by atoms with Crippen molar-refractivity contribution < 1.29 is 14.3 Å². The normalized spacial score (nSPS) is 13.4. The number of aryl methyl sites for hydroxylation is 1. The number of aromatic nitrogens is 3. The van der Waals surface area contributed by atoms with E-state index in [1.807, 2.05) is 46.8 Å². The molecule has 1 saturated heterocycles. The highest BCUT2D eigenvalue weighted by molar-refractivity contribution is 6.42. The maximum absolute atomic E-state index is 13.5. The Kier molecular flexibility index (Phi) is 8.67. The molecule has 1 N–H and O–H groups in total. The quantitative estimate of drug-likeness (QED) is 0.227. The summed E-state index contributed by atoms with van der Waals surface area (Å²) < 4.78 is 7.87. The van der Waals surface area contributed by atoms with Crippen molar-refractivity contribution in [2.24, 2.45) is 7.05 Å². The van der Waals surface area contributed by atoms with Gasteiger partial charge in [-0.25, -0.2) is 4.98 Å². The largest absolute Gasteiger partial charge is 0.439 e. The van der Waals surface area contributed by atoms with E-state index < -0.39 is 0 Å². The molecule has 0 aliphatic carbocycles. The molecule has 1 fully saturated rings. The van der Waals surface area contributed by atoms with E-state index in [0.717, 1.165) is 29.7 Å². The molecule has 0 spiro atoms. The SMILES string of the molecule is Cn1c(C(=O)N2CCN(Cc3ccc(C#N)cn3)CC2)cc2cc(Oc3ccc(NC(=O)c4ccc(Cl)c(Cl)c4)cn3)ccc21. The summed E-state index contributed by atoms with van der Waals surface area (Å²) in [6.07, 6.45) is 3.09. The number of piperazine rings is 1. The highest BCUT2D eigenvalue weighted by atomic mass is 35.5. The Hall–Kier alpha value is -4.95. The molecule has 0 unspecified atom stereocenters. The van der Waals surface area contributed by atoms with E-state index >= 15 is 0 Å². The first-order valence-electron chi connectivity index (χ1n) is 14.1. The summed E-state index contributed by atoms with van der Waals surface area (Å²) in [6.45, 7) is 3.37. The number of hydrogen-bond donors (Lipinski definition) is 1. The van der Waals surface area contributed by atoms with Crippen molar-refractivity contribution in [2.75, 3.05) is 31.5 Å². The number of hydrogen-bond acceptors (Lipinski definition) is 7. The number of nitriles is 1. The molecule has 3 aromatic heterocycles. The fourth-order valence-electron chi connectivity index (χ4n) is 5.16. The van der Waals surface area contributed by atoms with Gasteiger partial charge in [0.2, 0.25) is 5.88 Å². The number of ether oxygens (including phenoxy) is 1. The van der Waals surface area contributed by atoms with Crippen molar-refractivity contribution in [3.8, 4) is 17.7 Å². The lowest BCUT2D eigenvalue weighted by Crippen LogP contribution is -2.48. The van der Waals surface area contributed by atoms with E-state index in [1.165, 1.54) is 12.3 Å². The van der Waals surface area contributed by atoms with Crippen LogP contribution in [0.15, 0.2) is 79.1 Å². The molecule has 1 aliphatic rings. The minimum atomic E-state index is -0.341. The van der Waals surface area contributed by atoms with Crippen LogP contribution in [0.3, 0.4) is 0 Å². The van der Waals surface area contributed by atoms with E-state index in [2.05, 4.69) is 26.3 Å².